The summed E-state index contributed by atoms with van der Waals surface area (Å²) in [7, 11) is -11.4. The number of phosphoric acid groups is 2. The van der Waals surface area contributed by atoms with Crippen LogP contribution in [0.5, 0.6) is 0 Å². The second kappa shape index (κ2) is 9.80. The zero-order chi connectivity index (χ0) is 24.1. The standard InChI is InChI=1S/C6H15B2O15P5S3/c1-24(11,29)20-28(17,31)23-26(14,15)21-25(12,13)22-27(16,30)18-2-3-4(9)5(10)6(19-3)7-8-6/h3-5,9-10H,2H2,1H3,(H,11,29)(H,12,13)(H,14,15)(H,16,30)(H,17,31). The number of hydrogen-bond acceptors (Lipinski definition) is 13. The first kappa shape index (κ1) is 29.2. The van der Waals surface area contributed by atoms with Gasteiger partial charge >= 0.3 is 141 Å². The molecule has 2 heterocycles. The molecular weight excluding hydrogens is 585 g/mol. The molecule has 0 bridgehead atoms. The summed E-state index contributed by atoms with van der Waals surface area (Å²) in [5.41, 5.74) is 0. The van der Waals surface area contributed by atoms with Crippen LogP contribution in [0.4, 0.5) is 0 Å². The molecule has 0 aromatic rings. The fraction of sp³-hybridized carbons (Fsp3) is 1.00. The van der Waals surface area contributed by atoms with E-state index in [1.54, 1.807) is 0 Å². The van der Waals surface area contributed by atoms with E-state index in [2.05, 4.69) is 53.1 Å². The molecule has 1 fully saturated rings. The summed E-state index contributed by atoms with van der Waals surface area (Å²) < 4.78 is 61.9. The Morgan fingerprint density at radius 3 is 1.97 bits per heavy atom. The third-order valence-electron chi connectivity index (χ3n) is 3.29. The van der Waals surface area contributed by atoms with Gasteiger partial charge < -0.3 is 4.89 Å². The molecule has 2 aliphatic heterocycles. The van der Waals surface area contributed by atoms with Gasteiger partial charge in [0.15, 0.2) is 6.49 Å². The first-order valence-corrected chi connectivity index (χ1v) is 18.9. The van der Waals surface area contributed by atoms with Crippen LogP contribution in [0.2, 0.25) is 0 Å². The first-order valence-electron chi connectivity index (χ1n) is 7.52. The maximum absolute atomic E-state index is 11.9. The zero-order valence-electron chi connectivity index (χ0n) is 15.0. The second-order valence-electron chi connectivity index (χ2n) is 6.08. The van der Waals surface area contributed by atoms with Crippen molar-refractivity contribution >= 4 is 85.1 Å². The summed E-state index contributed by atoms with van der Waals surface area (Å²) in [6.07, 6.45) is -3.99. The number of ether oxygens (including phenoxy) is 1. The Hall–Kier alpha value is 1.99. The van der Waals surface area contributed by atoms with Crippen molar-refractivity contribution in [3.8, 4) is 0 Å². The number of aliphatic hydroxyl groups is 2. The van der Waals surface area contributed by atoms with Crippen LogP contribution in [-0.4, -0.2) is 80.4 Å². The van der Waals surface area contributed by atoms with Crippen molar-refractivity contribution < 1.29 is 70.0 Å². The number of hydrogen-bond donors (Lipinski definition) is 7. The Morgan fingerprint density at radius 2 is 1.52 bits per heavy atom. The molecule has 0 amide bonds. The number of thiol groups is 1. The van der Waals surface area contributed by atoms with Gasteiger partial charge in [0, 0.05) is 6.66 Å². The van der Waals surface area contributed by atoms with E-state index in [0.29, 0.717) is 0 Å². The minimum atomic E-state index is -5.72. The van der Waals surface area contributed by atoms with Crippen molar-refractivity contribution in [2.24, 2.45) is 0 Å². The molecule has 31 heavy (non-hydrogen) atoms. The second-order valence-corrected chi connectivity index (χ2v) is 19.2. The quantitative estimate of drug-likeness (QED) is 0.0907. The van der Waals surface area contributed by atoms with Crippen LogP contribution in [0.15, 0.2) is 0 Å². The fourth-order valence-corrected chi connectivity index (χ4v) is 12.8. The molecule has 2 rings (SSSR count). The van der Waals surface area contributed by atoms with E-state index in [-0.39, 0.29) is 0 Å². The van der Waals surface area contributed by atoms with Crippen molar-refractivity contribution in [3.05, 3.63) is 0 Å². The van der Waals surface area contributed by atoms with Gasteiger partial charge in [-0.25, -0.2) is 8.88 Å². The van der Waals surface area contributed by atoms with E-state index in [4.69, 9.17) is 9.26 Å². The Kier molecular flexibility index (Phi) is 9.24. The predicted molar refractivity (Wildman–Crippen MR) is 117 cm³/mol. The van der Waals surface area contributed by atoms with Gasteiger partial charge in [-0.05, 0) is 11.8 Å². The molecule has 0 aromatic carbocycles. The normalized spacial score (nSPS) is 33.7. The molecule has 0 aromatic heterocycles. The van der Waals surface area contributed by atoms with Crippen molar-refractivity contribution in [1.82, 2.24) is 0 Å². The molecule has 0 radical (unpaired) electrons. The van der Waals surface area contributed by atoms with Crippen LogP contribution in [0.1, 0.15) is 0 Å². The monoisotopic (exact) mass is 600 g/mol. The van der Waals surface area contributed by atoms with Crippen LogP contribution < -0.4 is 0 Å². The summed E-state index contributed by atoms with van der Waals surface area (Å²) in [4.78, 5) is 38.2. The summed E-state index contributed by atoms with van der Waals surface area (Å²) in [5, 5.41) is 18.5. The summed E-state index contributed by atoms with van der Waals surface area (Å²) in [6, 6.07) is 0. The van der Waals surface area contributed by atoms with Gasteiger partial charge in [0.05, 0.1) is 0 Å². The molecule has 15 nitrogen and oxygen atoms in total. The molecule has 1 spiro atoms. The SMILES string of the molecule is CP(O)(=S)OP(=O)(S)OP(=O)(O)OP(=O)(O)OP(O)(=S)OCC1OC2(B=B2)C(O)C1O. The first-order chi connectivity index (χ1) is 13.7. The van der Waals surface area contributed by atoms with Crippen molar-refractivity contribution in [1.29, 1.82) is 0 Å². The van der Waals surface area contributed by atoms with E-state index in [1.807, 2.05) is 0 Å². The third-order valence-corrected chi connectivity index (χ3v) is 13.6. The Morgan fingerprint density at radius 1 is 1.00 bits per heavy atom. The van der Waals surface area contributed by atoms with Gasteiger partial charge in [0.25, 0.3) is 0 Å². The summed E-state index contributed by atoms with van der Waals surface area (Å²) in [6.45, 7) is -10.1. The molecule has 6 N–H and O–H groups in total. The van der Waals surface area contributed by atoms with Crippen LogP contribution >= 0.6 is 47.9 Å². The number of aliphatic hydroxyl groups excluding tert-OH is 2. The van der Waals surface area contributed by atoms with Crippen LogP contribution in [0, 0.1) is 0 Å². The van der Waals surface area contributed by atoms with Crippen LogP contribution in [-0.2, 0) is 63.8 Å². The average Bonchev–Trinajstić information content (AvgIpc) is 3.19. The summed E-state index contributed by atoms with van der Waals surface area (Å²) >= 11 is 12.2. The average molecular weight is 600 g/mol. The Labute approximate surface area is 191 Å². The van der Waals surface area contributed by atoms with Gasteiger partial charge in [-0.1, -0.05) is 12.2 Å². The van der Waals surface area contributed by atoms with E-state index in [1.165, 1.54) is 13.6 Å². The maximum atomic E-state index is 11.9. The molecule has 0 aliphatic carbocycles. The van der Waals surface area contributed by atoms with Crippen molar-refractivity contribution in [2.45, 2.75) is 23.7 Å². The van der Waals surface area contributed by atoms with E-state index < -0.39 is 66.0 Å². The third kappa shape index (κ3) is 9.18. The fourth-order valence-electron chi connectivity index (χ4n) is 2.18. The zero-order valence-corrected chi connectivity index (χ0v) is 22.0. The molecule has 1 saturated heterocycles. The van der Waals surface area contributed by atoms with Gasteiger partial charge in [0.2, 0.25) is 0 Å². The Balaban J connectivity index is 1.94. The molecule has 178 valence electrons. The molecule has 8 atom stereocenters. The molecule has 2 aliphatic rings. The van der Waals surface area contributed by atoms with Gasteiger partial charge in [-0.15, -0.1) is 0 Å². The molecular formula is C6H15B2O15P5S3. The van der Waals surface area contributed by atoms with Crippen molar-refractivity contribution in [2.75, 3.05) is 13.3 Å². The van der Waals surface area contributed by atoms with Crippen LogP contribution in [0.25, 0.3) is 0 Å². The van der Waals surface area contributed by atoms with Gasteiger partial charge in [-0.3, -0.25) is 0 Å². The van der Waals surface area contributed by atoms with Gasteiger partial charge in [-0.2, -0.15) is 0 Å². The molecule has 25 heteroatoms. The molecule has 0 saturated carbocycles. The topological polar surface area (TPSA) is 228 Å². The van der Waals surface area contributed by atoms with E-state index in [9.17, 15) is 43.5 Å². The minimum absolute atomic E-state index is 0.708. The predicted octanol–water partition coefficient (Wildman–Crippen LogP) is -0.432. The summed E-state index contributed by atoms with van der Waals surface area (Å²) in [5.74, 6) is 0. The van der Waals surface area contributed by atoms with Gasteiger partial charge in [0.1, 0.15) is 0 Å². The number of rotatable bonds is 11. The van der Waals surface area contributed by atoms with E-state index >= 15 is 0 Å². The van der Waals surface area contributed by atoms with Crippen LogP contribution in [0.3, 0.4) is 0 Å². The van der Waals surface area contributed by atoms with E-state index in [0.717, 1.165) is 6.66 Å². The Bertz CT molecular complexity index is 978. The molecule has 8 unspecified atom stereocenters. The van der Waals surface area contributed by atoms with Crippen molar-refractivity contribution in [3.63, 3.8) is 0 Å².